The molecule has 4 aromatic heterocycles. The van der Waals surface area contributed by atoms with E-state index in [0.29, 0.717) is 100.0 Å². The molecule has 0 unspecified atom stereocenters. The number of thiazole rings is 1. The highest BCUT2D eigenvalue weighted by molar-refractivity contribution is 7.92. The molecule has 6 heterocycles. The SMILES string of the molecule is CCCS(=O)(=O)Nc1ccc(F)c(-n2cc(-c3cncnc3)c3nc(N(C)C4CCN(C(=O)CCOCCOCCOCCOCCOCCC(=O)N[C@H](C(=O)N5C[C@H](O)C[C@H]5C(=O)NCc5ccc(-c6scnc6C)cc5)C(C)(C)C)CC4)ccc32)c1F. The van der Waals surface area contributed by atoms with Gasteiger partial charge in [-0.15, -0.1) is 11.3 Å². The van der Waals surface area contributed by atoms with Crippen LogP contribution in [0.25, 0.3) is 38.3 Å². The molecule has 6 aromatic rings. The third-order valence-electron chi connectivity index (χ3n) is 15.4. The van der Waals surface area contributed by atoms with E-state index in [2.05, 4.69) is 30.3 Å². The first-order valence-electron chi connectivity index (χ1n) is 29.9. The third kappa shape index (κ3) is 18.5. The molecular weight excluding hydrogens is 1190 g/mol. The molecule has 3 atom stereocenters. The summed E-state index contributed by atoms with van der Waals surface area (Å²) in [5.41, 5.74) is 5.00. The molecule has 0 radical (unpaired) electrons. The van der Waals surface area contributed by atoms with E-state index in [0.717, 1.165) is 33.8 Å². The first-order valence-corrected chi connectivity index (χ1v) is 32.5. The molecule has 2 aliphatic rings. The summed E-state index contributed by atoms with van der Waals surface area (Å²) in [5, 5.41) is 16.3. The molecule has 4 N–H and O–H groups in total. The zero-order chi connectivity index (χ0) is 63.7. The fourth-order valence-corrected chi connectivity index (χ4v) is 12.6. The van der Waals surface area contributed by atoms with Gasteiger partial charge >= 0.3 is 0 Å². The second-order valence-electron chi connectivity index (χ2n) is 23.0. The smallest absolute Gasteiger partial charge is 0.246 e. The van der Waals surface area contributed by atoms with Crippen LogP contribution in [0.3, 0.4) is 0 Å². The minimum absolute atomic E-state index is 0.00176. The quantitative estimate of drug-likeness (QED) is 0.0331. The van der Waals surface area contributed by atoms with Crippen molar-refractivity contribution in [3.8, 4) is 27.3 Å². The summed E-state index contributed by atoms with van der Waals surface area (Å²) in [6.07, 6.45) is 7.15. The van der Waals surface area contributed by atoms with Crippen molar-refractivity contribution in [1.29, 1.82) is 0 Å². The predicted molar refractivity (Wildman–Crippen MR) is 333 cm³/mol. The van der Waals surface area contributed by atoms with Gasteiger partial charge in [-0.05, 0) is 67.0 Å². The average molecular weight is 1270 g/mol. The Morgan fingerprint density at radius 1 is 0.843 bits per heavy atom. The van der Waals surface area contributed by atoms with Crippen molar-refractivity contribution >= 4 is 67.5 Å². The number of amides is 4. The van der Waals surface area contributed by atoms with Crippen molar-refractivity contribution in [2.24, 2.45) is 5.41 Å². The molecular formula is C62H81F2N11O12S2. The Bertz CT molecular complexity index is 3440. The van der Waals surface area contributed by atoms with Gasteiger partial charge in [0.1, 0.15) is 35.7 Å². The number of carbonyl (C=O) groups excluding carboxylic acids is 4. The van der Waals surface area contributed by atoms with Crippen molar-refractivity contribution in [1.82, 2.24) is 44.9 Å². The number of nitrogens with one attached hydrogen (secondary N) is 3. The number of aliphatic hydroxyl groups is 1. The molecule has 4 amide bonds. The third-order valence-corrected chi connectivity index (χ3v) is 17.9. The summed E-state index contributed by atoms with van der Waals surface area (Å²) < 4.78 is 88.4. The number of β-amino-alcohol motifs (C(OH)–C–C–N with tert-alkyl or cyclic N) is 1. The number of piperidine rings is 1. The maximum atomic E-state index is 16.1. The van der Waals surface area contributed by atoms with Gasteiger partial charge in [-0.1, -0.05) is 52.0 Å². The van der Waals surface area contributed by atoms with Crippen LogP contribution in [0.15, 0.2) is 79.0 Å². The fraction of sp³-hybridized carbons (Fsp3) is 0.516. The molecule has 2 aromatic carbocycles. The molecule has 482 valence electrons. The summed E-state index contributed by atoms with van der Waals surface area (Å²) >= 11 is 1.56. The number of fused-ring (bicyclic) bond motifs is 1. The predicted octanol–water partition coefficient (Wildman–Crippen LogP) is 6.44. The van der Waals surface area contributed by atoms with Crippen LogP contribution < -0.4 is 20.3 Å². The molecule has 2 fully saturated rings. The van der Waals surface area contributed by atoms with Gasteiger partial charge in [0.25, 0.3) is 0 Å². The number of halogens is 2. The Balaban J connectivity index is 0.656. The molecule has 23 nitrogen and oxygen atoms in total. The summed E-state index contributed by atoms with van der Waals surface area (Å²) in [6.45, 7) is 13.3. The lowest BCUT2D eigenvalue weighted by atomic mass is 9.85. The number of sulfonamides is 1. The van der Waals surface area contributed by atoms with Crippen LogP contribution in [0.4, 0.5) is 20.3 Å². The lowest BCUT2D eigenvalue weighted by Crippen LogP contribution is -2.57. The number of ether oxygens (including phenoxy) is 5. The lowest BCUT2D eigenvalue weighted by molar-refractivity contribution is -0.144. The number of aliphatic hydroxyl groups excluding tert-OH is 1. The minimum atomic E-state index is -3.87. The van der Waals surface area contributed by atoms with Gasteiger partial charge in [0.15, 0.2) is 5.82 Å². The Kier molecular flexibility index (Phi) is 24.4. The van der Waals surface area contributed by atoms with Gasteiger partial charge in [0, 0.05) is 81.8 Å². The van der Waals surface area contributed by atoms with Gasteiger partial charge in [0.2, 0.25) is 33.7 Å². The highest BCUT2D eigenvalue weighted by Crippen LogP contribution is 2.37. The number of hydrogen-bond donors (Lipinski definition) is 4. The van der Waals surface area contributed by atoms with E-state index in [1.54, 1.807) is 48.3 Å². The van der Waals surface area contributed by atoms with Crippen LogP contribution in [0.2, 0.25) is 0 Å². The van der Waals surface area contributed by atoms with E-state index in [1.165, 1.54) is 22.0 Å². The number of nitrogens with zero attached hydrogens (tertiary/aromatic N) is 8. The highest BCUT2D eigenvalue weighted by atomic mass is 32.2. The summed E-state index contributed by atoms with van der Waals surface area (Å²) in [5.74, 6) is -2.82. The Morgan fingerprint density at radius 3 is 2.08 bits per heavy atom. The van der Waals surface area contributed by atoms with Crippen molar-refractivity contribution in [2.75, 3.05) is 108 Å². The number of aryl methyl sites for hydroxylation is 1. The standard InChI is InChI=1S/C62H81F2N11O12S2/c1-7-32-89(81,82)71-49-13-12-48(63)57(55(49)64)74-38-47(44-35-65-39-66-36-44)56-50(74)14-15-52(69-56)72(6)45-16-20-73(21-17-45)54(78)19-23-84-25-27-86-29-31-87-30-28-85-26-24-83-22-18-53(77)70-59(62(3,4)5)61(80)75-37-46(76)33-51(75)60(79)67-34-42-8-10-43(11-9-42)58-41(2)68-40-88-58/h8-15,35-36,38-40,45-46,51,59,71,76H,7,16-34,37H2,1-6H3,(H,67,79)(H,70,77)/t46-,51+,59-/m1/s1. The number of rotatable bonds is 32. The second-order valence-corrected chi connectivity index (χ2v) is 25.7. The van der Waals surface area contributed by atoms with E-state index >= 15 is 8.78 Å². The first kappa shape index (κ1) is 67.8. The Labute approximate surface area is 521 Å². The number of hydrogen-bond acceptors (Lipinski definition) is 18. The second kappa shape index (κ2) is 32.1. The number of likely N-dealkylation sites (tertiary alicyclic amines) is 2. The molecule has 2 saturated heterocycles. The molecule has 2 aliphatic heterocycles. The lowest BCUT2D eigenvalue weighted by Gasteiger charge is -2.37. The van der Waals surface area contributed by atoms with Gasteiger partial charge < -0.3 is 58.7 Å². The van der Waals surface area contributed by atoms with Gasteiger partial charge in [-0.2, -0.15) is 0 Å². The van der Waals surface area contributed by atoms with Crippen molar-refractivity contribution in [3.63, 3.8) is 0 Å². The topological polar surface area (TPSA) is 271 Å². The van der Waals surface area contributed by atoms with Crippen LogP contribution in [0.5, 0.6) is 0 Å². The number of anilines is 2. The Hall–Kier alpha value is -7.11. The van der Waals surface area contributed by atoms with Crippen LogP contribution in [0.1, 0.15) is 77.5 Å². The maximum absolute atomic E-state index is 16.1. The van der Waals surface area contributed by atoms with Crippen molar-refractivity contribution in [2.45, 2.75) is 104 Å². The highest BCUT2D eigenvalue weighted by Gasteiger charge is 2.44. The van der Waals surface area contributed by atoms with Gasteiger partial charge in [0.05, 0.1) is 117 Å². The van der Waals surface area contributed by atoms with E-state index in [1.807, 2.05) is 68.8 Å². The number of pyridine rings is 1. The molecule has 0 bridgehead atoms. The van der Waals surface area contributed by atoms with Gasteiger partial charge in [-0.25, -0.2) is 37.1 Å². The zero-order valence-corrected chi connectivity index (χ0v) is 52.9. The molecule has 8 rings (SSSR count). The van der Waals surface area contributed by atoms with E-state index < -0.39 is 56.9 Å². The average Bonchev–Trinajstić information content (AvgIpc) is 1.77. The monoisotopic (exact) mass is 1270 g/mol. The zero-order valence-electron chi connectivity index (χ0n) is 51.3. The summed E-state index contributed by atoms with van der Waals surface area (Å²) in [4.78, 5) is 77.5. The largest absolute Gasteiger partial charge is 0.391 e. The minimum Gasteiger partial charge on any atom is -0.391 e. The summed E-state index contributed by atoms with van der Waals surface area (Å²) in [7, 11) is -1.95. The molecule has 0 spiro atoms. The number of carbonyl (C=O) groups is 4. The van der Waals surface area contributed by atoms with Crippen molar-refractivity contribution < 1.29 is 65.2 Å². The van der Waals surface area contributed by atoms with Crippen LogP contribution >= 0.6 is 11.3 Å². The summed E-state index contributed by atoms with van der Waals surface area (Å²) in [6, 6.07) is 11.6. The molecule has 0 aliphatic carbocycles. The molecule has 89 heavy (non-hydrogen) atoms. The van der Waals surface area contributed by atoms with E-state index in [4.69, 9.17) is 28.7 Å². The number of benzene rings is 2. The van der Waals surface area contributed by atoms with Crippen LogP contribution in [-0.2, 0) is 59.4 Å². The van der Waals surface area contributed by atoms with Crippen LogP contribution in [-0.4, -0.2) is 194 Å². The number of aromatic nitrogens is 5. The van der Waals surface area contributed by atoms with Gasteiger partial charge in [-0.3, -0.25) is 23.9 Å². The van der Waals surface area contributed by atoms with Crippen molar-refractivity contribution in [3.05, 3.63) is 102 Å². The van der Waals surface area contributed by atoms with E-state index in [9.17, 15) is 32.7 Å². The van der Waals surface area contributed by atoms with Crippen LogP contribution in [0, 0.1) is 24.0 Å². The molecule has 0 saturated carbocycles. The Morgan fingerprint density at radius 2 is 1.47 bits per heavy atom. The van der Waals surface area contributed by atoms with E-state index in [-0.39, 0.29) is 94.0 Å². The first-order chi connectivity index (χ1) is 42.7. The molecule has 27 heteroatoms. The normalized spacial score (nSPS) is 16.0. The maximum Gasteiger partial charge on any atom is 0.246 e. The fourth-order valence-electron chi connectivity index (χ4n) is 10.6.